The first kappa shape index (κ1) is 8.65. The third-order valence-corrected chi connectivity index (χ3v) is 3.45. The first-order chi connectivity index (χ1) is 6.42. The van der Waals surface area contributed by atoms with Crippen molar-refractivity contribution in [2.24, 2.45) is 0 Å². The van der Waals surface area contributed by atoms with Crippen LogP contribution < -0.4 is 0 Å². The number of nitriles is 1. The molecule has 1 unspecified atom stereocenters. The molecule has 1 aromatic carbocycles. The van der Waals surface area contributed by atoms with Gasteiger partial charge in [0.2, 0.25) is 0 Å². The summed E-state index contributed by atoms with van der Waals surface area (Å²) >= 11 is 1.88. The highest BCUT2D eigenvalue weighted by molar-refractivity contribution is 7.99. The maximum Gasteiger partial charge on any atom is 0.0805 e. The smallest absolute Gasteiger partial charge is 0.0805 e. The number of aryl methyl sites for hydroxylation is 1. The second-order valence-electron chi connectivity index (χ2n) is 3.21. The Labute approximate surface area is 82.8 Å². The molecule has 1 aliphatic rings. The van der Waals surface area contributed by atoms with Gasteiger partial charge in [-0.25, -0.2) is 0 Å². The molecular formula is C11H11NS. The zero-order chi connectivity index (χ0) is 9.10. The molecule has 1 atom stereocenters. The number of fused-ring (bicyclic) bond motifs is 1. The Morgan fingerprint density at radius 3 is 3.08 bits per heavy atom. The minimum atomic E-state index is 0.101. The third-order valence-electron chi connectivity index (χ3n) is 2.39. The summed E-state index contributed by atoms with van der Waals surface area (Å²) in [5.41, 5.74) is 2.61. The van der Waals surface area contributed by atoms with Crippen molar-refractivity contribution in [3.8, 4) is 6.07 Å². The molecule has 1 aliphatic heterocycles. The second-order valence-corrected chi connectivity index (χ2v) is 4.36. The van der Waals surface area contributed by atoms with Crippen molar-refractivity contribution in [1.82, 2.24) is 0 Å². The van der Waals surface area contributed by atoms with Crippen molar-refractivity contribution in [1.29, 1.82) is 5.26 Å². The van der Waals surface area contributed by atoms with Crippen LogP contribution in [0.15, 0.2) is 24.3 Å². The number of benzene rings is 1. The highest BCUT2D eigenvalue weighted by atomic mass is 32.2. The normalized spacial score (nSPS) is 21.3. The summed E-state index contributed by atoms with van der Waals surface area (Å²) in [5, 5.41) is 9.00. The molecule has 2 heteroatoms. The van der Waals surface area contributed by atoms with Gasteiger partial charge in [-0.2, -0.15) is 17.0 Å². The van der Waals surface area contributed by atoms with E-state index < -0.39 is 0 Å². The molecule has 1 aromatic rings. The van der Waals surface area contributed by atoms with Crippen LogP contribution in [-0.2, 0) is 6.42 Å². The van der Waals surface area contributed by atoms with Crippen LogP contribution in [0.1, 0.15) is 17.0 Å². The Bertz CT molecular complexity index is 340. The number of nitrogens with zero attached hydrogens (tertiary/aromatic N) is 1. The van der Waals surface area contributed by atoms with E-state index in [0.29, 0.717) is 0 Å². The summed E-state index contributed by atoms with van der Waals surface area (Å²) in [4.78, 5) is 0. The lowest BCUT2D eigenvalue weighted by atomic mass is 9.96. The van der Waals surface area contributed by atoms with Crippen molar-refractivity contribution in [3.05, 3.63) is 35.4 Å². The zero-order valence-electron chi connectivity index (χ0n) is 7.36. The number of rotatable bonds is 0. The molecule has 0 spiro atoms. The predicted molar refractivity (Wildman–Crippen MR) is 55.8 cm³/mol. The van der Waals surface area contributed by atoms with E-state index >= 15 is 0 Å². The van der Waals surface area contributed by atoms with Gasteiger partial charge in [-0.3, -0.25) is 0 Å². The van der Waals surface area contributed by atoms with Gasteiger partial charge in [0.25, 0.3) is 0 Å². The van der Waals surface area contributed by atoms with Crippen molar-refractivity contribution < 1.29 is 0 Å². The SMILES string of the molecule is N#CC1CSCCc2ccccc21. The van der Waals surface area contributed by atoms with E-state index in [9.17, 15) is 0 Å². The van der Waals surface area contributed by atoms with Gasteiger partial charge in [0, 0.05) is 5.75 Å². The number of hydrogen-bond acceptors (Lipinski definition) is 2. The van der Waals surface area contributed by atoms with Crippen LogP contribution in [0.3, 0.4) is 0 Å². The Balaban J connectivity index is 2.43. The molecule has 1 heterocycles. The maximum absolute atomic E-state index is 9.00. The summed E-state index contributed by atoms with van der Waals surface area (Å²) in [5.74, 6) is 2.20. The maximum atomic E-state index is 9.00. The average Bonchev–Trinajstić information content (AvgIpc) is 2.39. The Morgan fingerprint density at radius 1 is 1.38 bits per heavy atom. The third kappa shape index (κ3) is 1.71. The van der Waals surface area contributed by atoms with E-state index in [-0.39, 0.29) is 5.92 Å². The van der Waals surface area contributed by atoms with E-state index in [1.165, 1.54) is 11.1 Å². The second kappa shape index (κ2) is 3.85. The van der Waals surface area contributed by atoms with E-state index in [4.69, 9.17) is 5.26 Å². The lowest BCUT2D eigenvalue weighted by Gasteiger charge is -2.08. The zero-order valence-corrected chi connectivity index (χ0v) is 8.18. The van der Waals surface area contributed by atoms with Crippen molar-refractivity contribution >= 4 is 11.8 Å². The van der Waals surface area contributed by atoms with Crippen LogP contribution in [-0.4, -0.2) is 11.5 Å². The average molecular weight is 189 g/mol. The molecule has 0 aromatic heterocycles. The molecule has 66 valence electrons. The monoisotopic (exact) mass is 189 g/mol. The van der Waals surface area contributed by atoms with Gasteiger partial charge in [0.05, 0.1) is 12.0 Å². The lowest BCUT2D eigenvalue weighted by molar-refractivity contribution is 0.976. The molecule has 0 radical (unpaired) electrons. The van der Waals surface area contributed by atoms with E-state index in [0.717, 1.165) is 17.9 Å². The number of hydrogen-bond donors (Lipinski definition) is 0. The molecule has 0 saturated heterocycles. The van der Waals surface area contributed by atoms with Crippen LogP contribution in [0.2, 0.25) is 0 Å². The van der Waals surface area contributed by atoms with Crippen LogP contribution in [0.25, 0.3) is 0 Å². The quantitative estimate of drug-likeness (QED) is 0.626. The minimum Gasteiger partial charge on any atom is -0.198 e. The molecule has 0 saturated carbocycles. The Morgan fingerprint density at radius 2 is 2.23 bits per heavy atom. The standard InChI is InChI=1S/C11H11NS/c12-7-10-8-13-6-5-9-3-1-2-4-11(9)10/h1-4,10H,5-6,8H2. The molecule has 0 aliphatic carbocycles. The van der Waals surface area contributed by atoms with Gasteiger partial charge in [0.1, 0.15) is 0 Å². The van der Waals surface area contributed by atoms with Gasteiger partial charge in [-0.05, 0) is 23.3 Å². The van der Waals surface area contributed by atoms with Gasteiger partial charge in [-0.1, -0.05) is 24.3 Å². The fourth-order valence-electron chi connectivity index (χ4n) is 1.68. The van der Waals surface area contributed by atoms with Crippen molar-refractivity contribution in [2.45, 2.75) is 12.3 Å². The summed E-state index contributed by atoms with van der Waals surface area (Å²) < 4.78 is 0. The minimum absolute atomic E-state index is 0.101. The fraction of sp³-hybridized carbons (Fsp3) is 0.364. The van der Waals surface area contributed by atoms with Crippen molar-refractivity contribution in [2.75, 3.05) is 11.5 Å². The molecule has 1 nitrogen and oxygen atoms in total. The van der Waals surface area contributed by atoms with Crippen LogP contribution in [0.4, 0.5) is 0 Å². The van der Waals surface area contributed by atoms with Gasteiger partial charge in [-0.15, -0.1) is 0 Å². The summed E-state index contributed by atoms with van der Waals surface area (Å²) in [7, 11) is 0. The van der Waals surface area contributed by atoms with E-state index in [1.807, 2.05) is 17.8 Å². The summed E-state index contributed by atoms with van der Waals surface area (Å²) in [6, 6.07) is 10.7. The van der Waals surface area contributed by atoms with Gasteiger partial charge < -0.3 is 0 Å². The first-order valence-corrected chi connectivity index (χ1v) is 5.62. The molecule has 0 amide bonds. The molecule has 2 rings (SSSR count). The van der Waals surface area contributed by atoms with Crippen molar-refractivity contribution in [3.63, 3.8) is 0 Å². The van der Waals surface area contributed by atoms with Gasteiger partial charge in [0.15, 0.2) is 0 Å². The highest BCUT2D eigenvalue weighted by Gasteiger charge is 2.17. The largest absolute Gasteiger partial charge is 0.198 e. The van der Waals surface area contributed by atoms with Gasteiger partial charge >= 0.3 is 0 Å². The molecular weight excluding hydrogens is 178 g/mol. The molecule has 0 N–H and O–H groups in total. The van der Waals surface area contributed by atoms with E-state index in [1.54, 1.807) is 0 Å². The fourth-order valence-corrected chi connectivity index (χ4v) is 2.70. The Hall–Kier alpha value is -0.940. The summed E-state index contributed by atoms with van der Waals surface area (Å²) in [6.45, 7) is 0. The van der Waals surface area contributed by atoms with E-state index in [2.05, 4.69) is 24.3 Å². The Kier molecular flexibility index (Phi) is 2.56. The first-order valence-electron chi connectivity index (χ1n) is 4.47. The van der Waals surface area contributed by atoms with Crippen LogP contribution in [0, 0.1) is 11.3 Å². The molecule has 0 fully saturated rings. The lowest BCUT2D eigenvalue weighted by Crippen LogP contribution is -1.99. The number of thioether (sulfide) groups is 1. The van der Waals surface area contributed by atoms with Crippen LogP contribution in [0.5, 0.6) is 0 Å². The van der Waals surface area contributed by atoms with Crippen LogP contribution >= 0.6 is 11.8 Å². The predicted octanol–water partition coefficient (Wildman–Crippen LogP) is 2.58. The highest BCUT2D eigenvalue weighted by Crippen LogP contribution is 2.28. The topological polar surface area (TPSA) is 23.8 Å². The molecule has 13 heavy (non-hydrogen) atoms. The summed E-state index contributed by atoms with van der Waals surface area (Å²) in [6.07, 6.45) is 1.11. The molecule has 0 bridgehead atoms.